The second-order valence-electron chi connectivity index (χ2n) is 25.2. The van der Waals surface area contributed by atoms with Gasteiger partial charge in [0.1, 0.15) is 13.2 Å². The van der Waals surface area contributed by atoms with Crippen molar-refractivity contribution in [3.8, 4) is 0 Å². The number of unbranched alkanes of at least 4 members (excludes halogenated alkanes) is 56. The molecule has 0 aliphatic carbocycles. The summed E-state index contributed by atoms with van der Waals surface area (Å²) < 4.78 is 17.0. The highest BCUT2D eigenvalue weighted by Gasteiger charge is 2.20. The number of allylic oxidation sites excluding steroid dienone is 2. The minimum absolute atomic E-state index is 0.0659. The molecule has 0 saturated carbocycles. The van der Waals surface area contributed by atoms with Crippen molar-refractivity contribution in [2.75, 3.05) is 13.2 Å². The van der Waals surface area contributed by atoms with Crippen molar-refractivity contribution >= 4 is 17.9 Å². The molecule has 0 rings (SSSR count). The van der Waals surface area contributed by atoms with Crippen LogP contribution in [0.5, 0.6) is 0 Å². The molecule has 1 unspecified atom stereocenters. The molecule has 6 heteroatoms. The number of rotatable bonds is 69. The van der Waals surface area contributed by atoms with E-state index in [-0.39, 0.29) is 31.1 Å². The van der Waals surface area contributed by atoms with Crippen LogP contribution < -0.4 is 0 Å². The Morgan fingerprint density at radius 1 is 0.237 bits per heavy atom. The summed E-state index contributed by atoms with van der Waals surface area (Å²) in [5.74, 6) is -0.843. The summed E-state index contributed by atoms with van der Waals surface area (Å²) in [5.41, 5.74) is 0. The van der Waals surface area contributed by atoms with E-state index >= 15 is 0 Å². The Bertz CT molecular complexity index is 1250. The van der Waals surface area contributed by atoms with Crippen LogP contribution >= 0.6 is 0 Å². The van der Waals surface area contributed by atoms with Gasteiger partial charge in [-0.05, 0) is 44.9 Å². The Morgan fingerprint density at radius 3 is 0.650 bits per heavy atom. The molecule has 80 heavy (non-hydrogen) atoms. The average Bonchev–Trinajstić information content (AvgIpc) is 3.46. The minimum atomic E-state index is -0.769. The van der Waals surface area contributed by atoms with Gasteiger partial charge in [0.05, 0.1) is 0 Å². The van der Waals surface area contributed by atoms with Crippen molar-refractivity contribution in [2.24, 2.45) is 0 Å². The number of carbonyl (C=O) groups is 3. The van der Waals surface area contributed by atoms with E-state index in [9.17, 15) is 14.4 Å². The zero-order valence-electron chi connectivity index (χ0n) is 54.6. The first-order chi connectivity index (χ1) is 39.5. The van der Waals surface area contributed by atoms with E-state index in [0.29, 0.717) is 19.3 Å². The standard InChI is InChI=1S/C74H142O6/c1-4-7-10-13-16-19-22-25-27-29-30-31-32-33-34-35-36-37-38-39-40-41-42-43-44-45-46-48-49-52-55-58-61-64-67-73(76)79-70-71(69-78-72(75)66-63-60-57-54-51-24-21-18-15-12-9-6-3)80-74(77)68-65-62-59-56-53-50-47-28-26-23-20-17-14-11-8-5-2/h18,21,71H,4-17,19-20,22-70H2,1-3H3/b21-18-. The monoisotopic (exact) mass is 1130 g/mol. The number of hydrogen-bond donors (Lipinski definition) is 0. The summed E-state index contributed by atoms with van der Waals surface area (Å²) in [6, 6.07) is 0. The zero-order valence-corrected chi connectivity index (χ0v) is 54.6. The van der Waals surface area contributed by atoms with E-state index in [2.05, 4.69) is 32.9 Å². The maximum Gasteiger partial charge on any atom is 0.306 e. The van der Waals surface area contributed by atoms with Crippen molar-refractivity contribution < 1.29 is 28.6 Å². The van der Waals surface area contributed by atoms with Crippen LogP contribution in [0.1, 0.15) is 425 Å². The molecule has 0 bridgehead atoms. The highest BCUT2D eigenvalue weighted by atomic mass is 16.6. The van der Waals surface area contributed by atoms with Gasteiger partial charge in [-0.1, -0.05) is 373 Å². The van der Waals surface area contributed by atoms with E-state index in [4.69, 9.17) is 14.2 Å². The van der Waals surface area contributed by atoms with Crippen molar-refractivity contribution in [3.63, 3.8) is 0 Å². The van der Waals surface area contributed by atoms with Crippen molar-refractivity contribution in [1.29, 1.82) is 0 Å². The Hall–Kier alpha value is -1.85. The summed E-state index contributed by atoms with van der Waals surface area (Å²) in [4.78, 5) is 38.3. The van der Waals surface area contributed by atoms with Gasteiger partial charge >= 0.3 is 17.9 Å². The van der Waals surface area contributed by atoms with Gasteiger partial charge in [-0.2, -0.15) is 0 Å². The number of carbonyl (C=O) groups excluding carboxylic acids is 3. The van der Waals surface area contributed by atoms with Crippen LogP contribution in [0.25, 0.3) is 0 Å². The predicted molar refractivity (Wildman–Crippen MR) is 349 cm³/mol. The third kappa shape index (κ3) is 66.9. The van der Waals surface area contributed by atoms with Gasteiger partial charge in [0.15, 0.2) is 6.10 Å². The summed E-state index contributed by atoms with van der Waals surface area (Å²) >= 11 is 0. The average molecular weight is 1130 g/mol. The third-order valence-electron chi connectivity index (χ3n) is 17.0. The number of hydrogen-bond acceptors (Lipinski definition) is 6. The van der Waals surface area contributed by atoms with E-state index in [1.54, 1.807) is 0 Å². The Labute approximate surface area is 501 Å². The third-order valence-corrected chi connectivity index (χ3v) is 17.0. The van der Waals surface area contributed by atoms with Crippen molar-refractivity contribution in [1.82, 2.24) is 0 Å². The van der Waals surface area contributed by atoms with Crippen LogP contribution in [0.15, 0.2) is 12.2 Å². The molecule has 0 aromatic rings. The SMILES string of the molecule is CCCCC/C=C\CCCCCCCC(=O)OCC(COC(=O)CCCCCCCCCCCCCCCCCCCCCCCCCCCCCCCCCCCC)OC(=O)CCCCCCCCCCCCCCCCCC. The fraction of sp³-hybridized carbons (Fsp3) is 0.932. The molecule has 0 aromatic heterocycles. The molecule has 0 heterocycles. The molecule has 1 atom stereocenters. The lowest BCUT2D eigenvalue weighted by molar-refractivity contribution is -0.167. The first kappa shape index (κ1) is 78.1. The molecule has 0 radical (unpaired) electrons. The van der Waals surface area contributed by atoms with E-state index < -0.39 is 6.10 Å². The van der Waals surface area contributed by atoms with Crippen molar-refractivity contribution in [2.45, 2.75) is 431 Å². The Morgan fingerprint density at radius 2 is 0.412 bits per heavy atom. The van der Waals surface area contributed by atoms with E-state index in [1.807, 2.05) is 0 Å². The van der Waals surface area contributed by atoms with Gasteiger partial charge in [0, 0.05) is 19.3 Å². The van der Waals surface area contributed by atoms with Crippen LogP contribution in [0.2, 0.25) is 0 Å². The molecule has 0 fully saturated rings. The normalized spacial score (nSPS) is 12.0. The zero-order chi connectivity index (χ0) is 57.8. The van der Waals surface area contributed by atoms with Crippen LogP contribution in [0.3, 0.4) is 0 Å². The molecule has 6 nitrogen and oxygen atoms in total. The molecule has 0 aromatic carbocycles. The maximum atomic E-state index is 12.9. The second kappa shape index (κ2) is 69.6. The minimum Gasteiger partial charge on any atom is -0.462 e. The molecular formula is C74H142O6. The maximum absolute atomic E-state index is 12.9. The molecule has 0 aliphatic heterocycles. The fourth-order valence-corrected chi connectivity index (χ4v) is 11.5. The van der Waals surface area contributed by atoms with Gasteiger partial charge in [-0.3, -0.25) is 14.4 Å². The molecule has 0 spiro atoms. The summed E-state index contributed by atoms with van der Waals surface area (Å²) in [7, 11) is 0. The van der Waals surface area contributed by atoms with Crippen LogP contribution in [-0.2, 0) is 28.6 Å². The molecule has 474 valence electrons. The number of ether oxygens (including phenoxy) is 3. The molecule has 0 N–H and O–H groups in total. The summed E-state index contributed by atoms with van der Waals surface area (Å²) in [6.07, 6.45) is 84.2. The van der Waals surface area contributed by atoms with Crippen LogP contribution in [-0.4, -0.2) is 37.2 Å². The second-order valence-corrected chi connectivity index (χ2v) is 25.2. The van der Waals surface area contributed by atoms with Gasteiger partial charge in [-0.15, -0.1) is 0 Å². The first-order valence-corrected chi connectivity index (χ1v) is 36.7. The van der Waals surface area contributed by atoms with Crippen molar-refractivity contribution in [3.05, 3.63) is 12.2 Å². The Kier molecular flexibility index (Phi) is 68.0. The van der Waals surface area contributed by atoms with E-state index in [1.165, 1.54) is 321 Å². The molecule has 0 amide bonds. The van der Waals surface area contributed by atoms with Gasteiger partial charge in [-0.25, -0.2) is 0 Å². The Balaban J connectivity index is 4.02. The molecular weight excluding hydrogens is 985 g/mol. The topological polar surface area (TPSA) is 78.9 Å². The van der Waals surface area contributed by atoms with Crippen LogP contribution in [0, 0.1) is 0 Å². The smallest absolute Gasteiger partial charge is 0.306 e. The van der Waals surface area contributed by atoms with Gasteiger partial charge in [0.25, 0.3) is 0 Å². The fourth-order valence-electron chi connectivity index (χ4n) is 11.5. The largest absolute Gasteiger partial charge is 0.462 e. The lowest BCUT2D eigenvalue weighted by atomic mass is 10.0. The highest BCUT2D eigenvalue weighted by Crippen LogP contribution is 2.20. The lowest BCUT2D eigenvalue weighted by Gasteiger charge is -2.18. The van der Waals surface area contributed by atoms with E-state index in [0.717, 1.165) is 64.2 Å². The molecule has 0 saturated heterocycles. The van der Waals surface area contributed by atoms with Crippen LogP contribution in [0.4, 0.5) is 0 Å². The van der Waals surface area contributed by atoms with Gasteiger partial charge in [0.2, 0.25) is 0 Å². The number of esters is 3. The highest BCUT2D eigenvalue weighted by molar-refractivity contribution is 5.71. The summed E-state index contributed by atoms with van der Waals surface area (Å²) in [6.45, 7) is 6.69. The lowest BCUT2D eigenvalue weighted by Crippen LogP contribution is -2.30. The van der Waals surface area contributed by atoms with Gasteiger partial charge < -0.3 is 14.2 Å². The molecule has 0 aliphatic rings. The predicted octanol–water partition coefficient (Wildman–Crippen LogP) is 25.2. The first-order valence-electron chi connectivity index (χ1n) is 36.7. The quantitative estimate of drug-likeness (QED) is 0.0261. The summed E-state index contributed by atoms with van der Waals surface area (Å²) in [5, 5.41) is 0.